The molecule has 0 aromatic carbocycles. The van der Waals surface area contributed by atoms with Gasteiger partial charge in [-0.25, -0.2) is 22.5 Å². The van der Waals surface area contributed by atoms with Crippen LogP contribution < -0.4 is 0 Å². The van der Waals surface area contributed by atoms with Gasteiger partial charge in [0.1, 0.15) is 0 Å². The Kier molecular flexibility index (Phi) is 13.3. The van der Waals surface area contributed by atoms with Crippen molar-refractivity contribution in [1.29, 1.82) is 0 Å². The smallest absolute Gasteiger partial charge is 0.0397 e. The molecule has 138 valence electrons. The third kappa shape index (κ3) is 10.1. The van der Waals surface area contributed by atoms with Crippen LogP contribution in [0.1, 0.15) is 19.8 Å². The van der Waals surface area contributed by atoms with Gasteiger partial charge in [-0.3, -0.25) is 12.2 Å². The molecule has 0 heterocycles. The summed E-state index contributed by atoms with van der Waals surface area (Å²) in [5, 5.41) is 20.6. The van der Waals surface area contributed by atoms with Crippen molar-refractivity contribution in [2.24, 2.45) is 0 Å². The molecular formula is C20H34O2Si2Zr. The topological polar surface area (TPSA) is 40.5 Å². The van der Waals surface area contributed by atoms with Crippen molar-refractivity contribution in [3.8, 4) is 0 Å². The fourth-order valence-corrected chi connectivity index (χ4v) is 6.57. The van der Waals surface area contributed by atoms with Gasteiger partial charge in [-0.1, -0.05) is 26.2 Å². The van der Waals surface area contributed by atoms with E-state index in [4.69, 9.17) is 10.2 Å². The second-order valence-corrected chi connectivity index (χ2v) is 18.5. The van der Waals surface area contributed by atoms with Gasteiger partial charge in [-0.2, -0.15) is 12.2 Å². The van der Waals surface area contributed by atoms with Gasteiger partial charge in [0.2, 0.25) is 0 Å². The van der Waals surface area contributed by atoms with Gasteiger partial charge >= 0.3 is 34.9 Å². The Morgan fingerprint density at radius 3 is 1.44 bits per heavy atom. The summed E-state index contributed by atoms with van der Waals surface area (Å²) in [5.41, 5.74) is 0. The van der Waals surface area contributed by atoms with Crippen LogP contribution in [0.15, 0.2) is 34.7 Å². The zero-order valence-corrected chi connectivity index (χ0v) is 21.0. The summed E-state index contributed by atoms with van der Waals surface area (Å²) in [5.74, 6) is 0. The average Bonchev–Trinajstić information content (AvgIpc) is 3.23. The van der Waals surface area contributed by atoms with E-state index in [1.807, 2.05) is 6.92 Å². The fourth-order valence-electron chi connectivity index (χ4n) is 2.58. The predicted octanol–water partition coefficient (Wildman–Crippen LogP) is 4.19. The average molecular weight is 454 g/mol. The van der Waals surface area contributed by atoms with Crippen molar-refractivity contribution in [2.75, 3.05) is 13.2 Å². The molecule has 0 amide bonds. The Hall–Kier alpha value is 0.0669. The van der Waals surface area contributed by atoms with Crippen LogP contribution in [0.25, 0.3) is 0 Å². The maximum Gasteiger partial charge on any atom is 0.0397 e. The van der Waals surface area contributed by atoms with Crippen molar-refractivity contribution in [1.82, 2.24) is 0 Å². The maximum atomic E-state index is 8.84. The van der Waals surface area contributed by atoms with Gasteiger partial charge < -0.3 is 10.2 Å². The van der Waals surface area contributed by atoms with E-state index < -0.39 is 16.1 Å². The number of hydrogen-bond acceptors (Lipinski definition) is 2. The van der Waals surface area contributed by atoms with Crippen molar-refractivity contribution < 1.29 is 34.4 Å². The van der Waals surface area contributed by atoms with Gasteiger partial charge in [0.15, 0.2) is 0 Å². The number of rotatable bonds is 6. The molecule has 0 radical (unpaired) electrons. The van der Waals surface area contributed by atoms with E-state index in [0.717, 1.165) is 24.9 Å². The number of aliphatic hydroxyl groups is 2. The van der Waals surface area contributed by atoms with Crippen LogP contribution in [0.5, 0.6) is 0 Å². The summed E-state index contributed by atoms with van der Waals surface area (Å²) < 4.78 is 2.09. The van der Waals surface area contributed by atoms with Crippen LogP contribution in [-0.2, 0) is 24.2 Å². The predicted molar refractivity (Wildman–Crippen MR) is 112 cm³/mol. The van der Waals surface area contributed by atoms with Gasteiger partial charge in [-0.05, 0) is 28.2 Å². The molecule has 2 aliphatic carbocycles. The molecule has 2 rings (SSSR count). The summed E-state index contributed by atoms with van der Waals surface area (Å²) >= 11 is 1.51. The van der Waals surface area contributed by atoms with E-state index >= 15 is 0 Å². The third-order valence-corrected chi connectivity index (χ3v) is 11.2. The standard InChI is InChI=1S/2C9H15OSi.C2H4.Zr/c2*1-11(2,8-7-10)9-5-3-4-6-9;1-2;/h2*5-6,10H,3,7-8H2,1-2H3;1H,2H3;/q2*-1;;+2. The Morgan fingerprint density at radius 2 is 1.24 bits per heavy atom. The molecule has 5 heteroatoms. The Morgan fingerprint density at radius 1 is 0.920 bits per heavy atom. The second-order valence-electron chi connectivity index (χ2n) is 7.43. The van der Waals surface area contributed by atoms with Gasteiger partial charge in [-0.15, -0.1) is 12.8 Å². The maximum absolute atomic E-state index is 8.84. The quantitative estimate of drug-likeness (QED) is 0.468. The Labute approximate surface area is 171 Å². The first kappa shape index (κ1) is 25.1. The molecule has 2 aliphatic rings. The first-order valence-electron chi connectivity index (χ1n) is 8.96. The first-order chi connectivity index (χ1) is 11.7. The second kappa shape index (κ2) is 13.3. The molecule has 0 saturated carbocycles. The summed E-state index contributed by atoms with van der Waals surface area (Å²) in [4.78, 5) is 0. The summed E-state index contributed by atoms with van der Waals surface area (Å²) in [6.45, 7) is 11.8. The van der Waals surface area contributed by atoms with Crippen LogP contribution in [0.2, 0.25) is 38.3 Å². The minimum Gasteiger partial charge on any atom is -0.397 e. The molecular weight excluding hydrogens is 420 g/mol. The zero-order valence-electron chi connectivity index (χ0n) is 16.5. The molecule has 0 aromatic heterocycles. The third-order valence-electron chi connectivity index (χ3n) is 4.43. The minimum atomic E-state index is -1.28. The molecule has 25 heavy (non-hydrogen) atoms. The van der Waals surface area contributed by atoms with Crippen LogP contribution in [0, 0.1) is 12.2 Å². The minimum absolute atomic E-state index is 0.324. The molecule has 0 spiro atoms. The molecule has 0 aliphatic heterocycles. The van der Waals surface area contributed by atoms with Crippen molar-refractivity contribution in [3.05, 3.63) is 46.8 Å². The zero-order chi connectivity index (χ0) is 19.3. The van der Waals surface area contributed by atoms with Crippen LogP contribution in [0.3, 0.4) is 0 Å². The Bertz CT molecular complexity index is 474. The number of allylic oxidation sites excluding steroid dienone is 8. The van der Waals surface area contributed by atoms with Crippen LogP contribution in [0.4, 0.5) is 0 Å². The number of hydrogen-bond donors (Lipinski definition) is 2. The molecule has 0 bridgehead atoms. The monoisotopic (exact) mass is 452 g/mol. The van der Waals surface area contributed by atoms with Crippen molar-refractivity contribution in [3.63, 3.8) is 0 Å². The summed E-state index contributed by atoms with van der Waals surface area (Å²) in [6.07, 6.45) is 17.0. The van der Waals surface area contributed by atoms with Gasteiger partial charge in [0, 0.05) is 13.2 Å². The molecule has 0 fully saturated rings. The number of aliphatic hydroxyl groups excluding tert-OH is 2. The Balaban J connectivity index is 0.000000399. The summed E-state index contributed by atoms with van der Waals surface area (Å²) in [6, 6.07) is 1.94. The van der Waals surface area contributed by atoms with Crippen molar-refractivity contribution >= 4 is 19.9 Å². The molecule has 0 aromatic rings. The molecule has 2 nitrogen and oxygen atoms in total. The molecule has 0 unspecified atom stereocenters. The molecule has 2 N–H and O–H groups in total. The molecule has 0 atom stereocenters. The van der Waals surface area contributed by atoms with Crippen LogP contribution >= 0.6 is 0 Å². The summed E-state index contributed by atoms with van der Waals surface area (Å²) in [7, 11) is -2.55. The van der Waals surface area contributed by atoms with Gasteiger partial charge in [0.25, 0.3) is 0 Å². The van der Waals surface area contributed by atoms with E-state index in [9.17, 15) is 0 Å². The normalized spacial score (nSPS) is 15.7. The largest absolute Gasteiger partial charge is 0.397 e. The van der Waals surface area contributed by atoms with Gasteiger partial charge in [0.05, 0.1) is 0 Å². The first-order valence-corrected chi connectivity index (χ1v) is 16.8. The van der Waals surface area contributed by atoms with Crippen molar-refractivity contribution in [2.45, 2.75) is 58.0 Å². The SMILES string of the molecule is C[CH]=[Zr+2].C[Si](C)(CCO)C1=CC[C-]=C1.C[Si](C)(CCO)C1=CC[C-]=C1. The van der Waals surface area contributed by atoms with E-state index in [1.54, 1.807) is 0 Å². The molecule has 0 saturated heterocycles. The van der Waals surface area contributed by atoms with Crippen LogP contribution in [-0.4, -0.2) is 43.3 Å². The van der Waals surface area contributed by atoms with E-state index in [1.165, 1.54) is 34.6 Å². The fraction of sp³-hybridized carbons (Fsp3) is 0.550. The van der Waals surface area contributed by atoms with E-state index in [2.05, 4.69) is 66.4 Å². The van der Waals surface area contributed by atoms with E-state index in [0.29, 0.717) is 13.2 Å². The van der Waals surface area contributed by atoms with E-state index in [-0.39, 0.29) is 0 Å².